The number of nitrogens with two attached hydrogens (primary N) is 1. The van der Waals surface area contributed by atoms with E-state index in [1.54, 1.807) is 0 Å². The van der Waals surface area contributed by atoms with Gasteiger partial charge in [0.15, 0.2) is 11.5 Å². The molecular formula is C19H22F2N6O4. The first-order chi connectivity index (χ1) is 14.8. The number of nitrogen functional groups attached to an aromatic ring is 1. The van der Waals surface area contributed by atoms with Gasteiger partial charge in [0, 0.05) is 25.8 Å². The average molecular weight is 436 g/mol. The predicted octanol–water partition coefficient (Wildman–Crippen LogP) is 1.64. The topological polar surface area (TPSA) is 139 Å². The first-order valence-electron chi connectivity index (χ1n) is 9.49. The predicted molar refractivity (Wildman–Crippen MR) is 111 cm³/mol. The van der Waals surface area contributed by atoms with Crippen LogP contribution in [0.3, 0.4) is 0 Å². The second-order valence-corrected chi connectivity index (χ2v) is 6.75. The van der Waals surface area contributed by atoms with E-state index < -0.39 is 29.4 Å². The van der Waals surface area contributed by atoms with Gasteiger partial charge in [-0.1, -0.05) is 6.92 Å². The standard InChI is InChI=1S/C19H22F2N6O4/c1-3-6-27-15(22)13(17(28)25-19(27)30)26(7-8-31-2)18(29)10-4-5-11-12(9-10)24-16(23-11)14(20)21/h4-5,9,14H,3,6-8,22H2,1-2H3,(H,23,24)(H,25,28,30). The van der Waals surface area contributed by atoms with E-state index in [0.717, 1.165) is 4.90 Å². The van der Waals surface area contributed by atoms with E-state index in [4.69, 9.17) is 10.5 Å². The second kappa shape index (κ2) is 9.08. The Morgan fingerprint density at radius 2 is 2.06 bits per heavy atom. The molecule has 0 saturated carbocycles. The Bertz CT molecular complexity index is 1220. The SMILES string of the molecule is CCCn1c(N)c(N(CCOC)C(=O)c2ccc3nc(C(F)F)[nH]c3c2)c(=O)[nH]c1=O. The number of methoxy groups -OCH3 is 1. The number of halogens is 2. The van der Waals surface area contributed by atoms with Crippen LogP contribution in [0.1, 0.15) is 36.0 Å². The molecule has 10 nitrogen and oxygen atoms in total. The van der Waals surface area contributed by atoms with Gasteiger partial charge in [-0.05, 0) is 24.6 Å². The van der Waals surface area contributed by atoms with Crippen molar-refractivity contribution in [3.63, 3.8) is 0 Å². The van der Waals surface area contributed by atoms with Crippen molar-refractivity contribution in [3.05, 3.63) is 50.4 Å². The van der Waals surface area contributed by atoms with Crippen molar-refractivity contribution in [2.75, 3.05) is 30.9 Å². The Morgan fingerprint density at radius 3 is 2.71 bits per heavy atom. The van der Waals surface area contributed by atoms with Crippen LogP contribution in [-0.2, 0) is 11.3 Å². The Kier molecular flexibility index (Phi) is 6.49. The molecule has 12 heteroatoms. The third-order valence-electron chi connectivity index (χ3n) is 4.65. The number of anilines is 2. The highest BCUT2D eigenvalue weighted by atomic mass is 19.3. The number of hydrogen-bond acceptors (Lipinski definition) is 6. The van der Waals surface area contributed by atoms with E-state index in [-0.39, 0.29) is 47.8 Å². The van der Waals surface area contributed by atoms with Gasteiger partial charge in [-0.25, -0.2) is 18.6 Å². The summed E-state index contributed by atoms with van der Waals surface area (Å²) < 4.78 is 32.0. The van der Waals surface area contributed by atoms with Gasteiger partial charge in [0.1, 0.15) is 5.82 Å². The number of carbonyl (C=O) groups excluding carboxylic acids is 1. The monoisotopic (exact) mass is 436 g/mol. The number of imidazole rings is 1. The lowest BCUT2D eigenvalue weighted by atomic mass is 10.1. The van der Waals surface area contributed by atoms with Gasteiger partial charge in [0.25, 0.3) is 17.9 Å². The number of benzene rings is 1. The van der Waals surface area contributed by atoms with Crippen LogP contribution in [0, 0.1) is 0 Å². The number of aromatic nitrogens is 4. The molecule has 0 fully saturated rings. The quantitative estimate of drug-likeness (QED) is 0.491. The molecule has 1 amide bonds. The molecule has 31 heavy (non-hydrogen) atoms. The fourth-order valence-corrected chi connectivity index (χ4v) is 3.20. The molecule has 0 aliphatic heterocycles. The summed E-state index contributed by atoms with van der Waals surface area (Å²) >= 11 is 0. The summed E-state index contributed by atoms with van der Waals surface area (Å²) in [7, 11) is 1.43. The number of hydrogen-bond donors (Lipinski definition) is 3. The maximum atomic E-state index is 13.3. The van der Waals surface area contributed by atoms with Crippen LogP contribution in [0.4, 0.5) is 20.3 Å². The van der Waals surface area contributed by atoms with Gasteiger partial charge >= 0.3 is 5.69 Å². The third kappa shape index (κ3) is 4.33. The van der Waals surface area contributed by atoms with Crippen molar-refractivity contribution in [1.82, 2.24) is 19.5 Å². The van der Waals surface area contributed by atoms with Gasteiger partial charge in [-0.15, -0.1) is 0 Å². The minimum atomic E-state index is -2.79. The van der Waals surface area contributed by atoms with E-state index in [9.17, 15) is 23.2 Å². The largest absolute Gasteiger partial charge is 0.383 e. The van der Waals surface area contributed by atoms with Gasteiger partial charge in [0.05, 0.1) is 17.6 Å². The summed E-state index contributed by atoms with van der Waals surface area (Å²) in [6.45, 7) is 2.13. The number of nitrogens with zero attached hydrogens (tertiary/aromatic N) is 3. The van der Waals surface area contributed by atoms with E-state index in [0.29, 0.717) is 6.42 Å². The first-order valence-corrected chi connectivity index (χ1v) is 9.49. The number of nitrogens with one attached hydrogen (secondary N) is 2. The zero-order chi connectivity index (χ0) is 22.7. The van der Waals surface area contributed by atoms with Crippen LogP contribution in [0.5, 0.6) is 0 Å². The van der Waals surface area contributed by atoms with Crippen LogP contribution in [0.25, 0.3) is 11.0 Å². The molecule has 0 aliphatic carbocycles. The van der Waals surface area contributed by atoms with Crippen molar-refractivity contribution in [3.8, 4) is 0 Å². The van der Waals surface area contributed by atoms with Gasteiger partial charge in [0.2, 0.25) is 0 Å². The molecule has 0 spiro atoms. The van der Waals surface area contributed by atoms with E-state index in [1.807, 2.05) is 6.92 Å². The molecule has 0 atom stereocenters. The summed E-state index contributed by atoms with van der Waals surface area (Å²) in [6.07, 6.45) is -2.22. The van der Waals surface area contributed by atoms with Gasteiger partial charge in [-0.2, -0.15) is 0 Å². The zero-order valence-electron chi connectivity index (χ0n) is 16.9. The summed E-state index contributed by atoms with van der Waals surface area (Å²) in [5.74, 6) is -1.28. The number of carbonyl (C=O) groups is 1. The number of fused-ring (bicyclic) bond motifs is 1. The number of amides is 1. The molecule has 2 aromatic heterocycles. The Labute approximate surface area is 174 Å². The molecule has 0 saturated heterocycles. The van der Waals surface area contributed by atoms with Gasteiger partial charge < -0.3 is 15.5 Å². The summed E-state index contributed by atoms with van der Waals surface area (Å²) in [5.41, 5.74) is 5.04. The highest BCUT2D eigenvalue weighted by Crippen LogP contribution is 2.23. The van der Waals surface area contributed by atoms with Crippen molar-refractivity contribution < 1.29 is 18.3 Å². The number of H-pyrrole nitrogens is 2. The summed E-state index contributed by atoms with van der Waals surface area (Å²) in [6, 6.07) is 4.20. The van der Waals surface area contributed by atoms with Crippen LogP contribution >= 0.6 is 0 Å². The fourth-order valence-electron chi connectivity index (χ4n) is 3.20. The first kappa shape index (κ1) is 22.2. The number of ether oxygens (including phenoxy) is 1. The Balaban J connectivity index is 2.10. The zero-order valence-corrected chi connectivity index (χ0v) is 16.9. The number of aromatic amines is 2. The third-order valence-corrected chi connectivity index (χ3v) is 4.65. The Hall–Kier alpha value is -3.54. The molecular weight excluding hydrogens is 414 g/mol. The lowest BCUT2D eigenvalue weighted by molar-refractivity contribution is 0.0975. The van der Waals surface area contributed by atoms with Crippen molar-refractivity contribution in [1.29, 1.82) is 0 Å². The summed E-state index contributed by atoms with van der Waals surface area (Å²) in [5, 5.41) is 0. The van der Waals surface area contributed by atoms with Gasteiger partial charge in [-0.3, -0.25) is 24.0 Å². The average Bonchev–Trinajstić information content (AvgIpc) is 3.16. The van der Waals surface area contributed by atoms with E-state index >= 15 is 0 Å². The molecule has 0 radical (unpaired) electrons. The minimum Gasteiger partial charge on any atom is -0.383 e. The highest BCUT2D eigenvalue weighted by Gasteiger charge is 2.25. The maximum Gasteiger partial charge on any atom is 0.330 e. The number of rotatable bonds is 8. The van der Waals surface area contributed by atoms with Crippen molar-refractivity contribution >= 4 is 28.4 Å². The number of alkyl halides is 2. The van der Waals surface area contributed by atoms with Crippen LogP contribution < -0.4 is 21.9 Å². The maximum absolute atomic E-state index is 13.3. The Morgan fingerprint density at radius 1 is 1.32 bits per heavy atom. The smallest absolute Gasteiger partial charge is 0.330 e. The van der Waals surface area contributed by atoms with Crippen LogP contribution in [0.15, 0.2) is 27.8 Å². The van der Waals surface area contributed by atoms with Crippen LogP contribution in [-0.4, -0.2) is 45.7 Å². The lowest BCUT2D eigenvalue weighted by Gasteiger charge is -2.24. The fraction of sp³-hybridized carbons (Fsp3) is 0.368. The molecule has 4 N–H and O–H groups in total. The molecule has 3 rings (SSSR count). The minimum absolute atomic E-state index is 0.0315. The molecule has 0 aliphatic rings. The molecule has 166 valence electrons. The molecule has 3 aromatic rings. The normalized spacial score (nSPS) is 11.4. The second-order valence-electron chi connectivity index (χ2n) is 6.75. The van der Waals surface area contributed by atoms with Crippen molar-refractivity contribution in [2.24, 2.45) is 0 Å². The molecule has 1 aromatic carbocycles. The molecule has 0 bridgehead atoms. The van der Waals surface area contributed by atoms with E-state index in [1.165, 1.54) is 29.9 Å². The van der Waals surface area contributed by atoms with E-state index in [2.05, 4.69) is 15.0 Å². The van der Waals surface area contributed by atoms with Crippen LogP contribution in [0.2, 0.25) is 0 Å². The van der Waals surface area contributed by atoms with Crippen molar-refractivity contribution in [2.45, 2.75) is 26.3 Å². The summed E-state index contributed by atoms with van der Waals surface area (Å²) in [4.78, 5) is 47.5. The lowest BCUT2D eigenvalue weighted by Crippen LogP contribution is -2.42. The molecule has 2 heterocycles. The highest BCUT2D eigenvalue weighted by molar-refractivity contribution is 6.08. The molecule has 0 unspecified atom stereocenters.